The van der Waals surface area contributed by atoms with Crippen molar-refractivity contribution in [3.05, 3.63) is 52.0 Å². The number of rotatable bonds is 7. The van der Waals surface area contributed by atoms with E-state index in [1.165, 1.54) is 32.2 Å². The summed E-state index contributed by atoms with van der Waals surface area (Å²) in [6.07, 6.45) is 0.413. The molecular formula is C17H18Cl2N2O4S. The van der Waals surface area contributed by atoms with Crippen molar-refractivity contribution in [2.24, 2.45) is 0 Å². The van der Waals surface area contributed by atoms with Crippen LogP contribution in [-0.4, -0.2) is 28.0 Å². The molecule has 2 N–H and O–H groups in total. The summed E-state index contributed by atoms with van der Waals surface area (Å²) in [7, 11) is -2.35. The van der Waals surface area contributed by atoms with Crippen LogP contribution in [0.15, 0.2) is 41.3 Å². The summed E-state index contributed by atoms with van der Waals surface area (Å²) in [6, 6.07) is 9.28. The average Bonchev–Trinajstić information content (AvgIpc) is 2.56. The van der Waals surface area contributed by atoms with Crippen molar-refractivity contribution in [2.75, 3.05) is 19.0 Å². The predicted octanol–water partition coefficient (Wildman–Crippen LogP) is 3.48. The van der Waals surface area contributed by atoms with E-state index in [1.807, 2.05) is 0 Å². The largest absolute Gasteiger partial charge is 0.495 e. The molecule has 0 aliphatic heterocycles. The molecule has 2 aromatic carbocycles. The van der Waals surface area contributed by atoms with Gasteiger partial charge in [0.15, 0.2) is 0 Å². The predicted molar refractivity (Wildman–Crippen MR) is 103 cm³/mol. The summed E-state index contributed by atoms with van der Waals surface area (Å²) in [4.78, 5) is 11.2. The van der Waals surface area contributed by atoms with Gasteiger partial charge >= 0.3 is 0 Å². The quantitative estimate of drug-likeness (QED) is 0.723. The summed E-state index contributed by atoms with van der Waals surface area (Å²) in [5.74, 6) is -0.0271. The molecule has 2 rings (SSSR count). The lowest BCUT2D eigenvalue weighted by atomic mass is 10.1. The highest BCUT2D eigenvalue weighted by Gasteiger charge is 2.17. The first-order valence-corrected chi connectivity index (χ1v) is 9.86. The Labute approximate surface area is 162 Å². The first kappa shape index (κ1) is 20.5. The Morgan fingerprint density at radius 1 is 1.15 bits per heavy atom. The van der Waals surface area contributed by atoms with Crippen molar-refractivity contribution in [2.45, 2.75) is 18.2 Å². The summed E-state index contributed by atoms with van der Waals surface area (Å²) in [5.41, 5.74) is 1.18. The van der Waals surface area contributed by atoms with Crippen molar-refractivity contribution in [3.8, 4) is 5.75 Å². The fourth-order valence-electron chi connectivity index (χ4n) is 2.26. The van der Waals surface area contributed by atoms with Crippen LogP contribution in [0.25, 0.3) is 0 Å². The maximum atomic E-state index is 12.5. The van der Waals surface area contributed by atoms with E-state index in [0.717, 1.165) is 5.56 Å². The molecule has 0 heterocycles. The molecule has 26 heavy (non-hydrogen) atoms. The summed E-state index contributed by atoms with van der Waals surface area (Å²) in [5, 5.41) is 3.58. The number of amides is 1. The Kier molecular flexibility index (Phi) is 6.88. The molecule has 0 spiro atoms. The number of benzene rings is 2. The minimum atomic E-state index is -3.74. The van der Waals surface area contributed by atoms with Gasteiger partial charge in [-0.15, -0.1) is 0 Å². The average molecular weight is 417 g/mol. The van der Waals surface area contributed by atoms with E-state index in [2.05, 4.69) is 10.0 Å². The molecule has 0 saturated carbocycles. The van der Waals surface area contributed by atoms with Gasteiger partial charge in [0.25, 0.3) is 0 Å². The van der Waals surface area contributed by atoms with Crippen molar-refractivity contribution < 1.29 is 17.9 Å². The van der Waals surface area contributed by atoms with Gasteiger partial charge in [-0.1, -0.05) is 29.3 Å². The van der Waals surface area contributed by atoms with E-state index in [0.29, 0.717) is 22.2 Å². The van der Waals surface area contributed by atoms with Gasteiger partial charge in [-0.2, -0.15) is 0 Å². The van der Waals surface area contributed by atoms with Crippen LogP contribution in [0.2, 0.25) is 10.0 Å². The molecule has 0 aromatic heterocycles. The molecule has 140 valence electrons. The SMILES string of the molecule is COc1cc(S(=O)(=O)NCCc2ccc(Cl)cc2Cl)ccc1NC(C)=O. The van der Waals surface area contributed by atoms with Gasteiger partial charge in [0, 0.05) is 29.6 Å². The summed E-state index contributed by atoms with van der Waals surface area (Å²) < 4.78 is 32.6. The third-order valence-electron chi connectivity index (χ3n) is 3.50. The van der Waals surface area contributed by atoms with E-state index in [4.69, 9.17) is 27.9 Å². The molecule has 0 saturated heterocycles. The summed E-state index contributed by atoms with van der Waals surface area (Å²) >= 11 is 11.9. The number of ether oxygens (including phenoxy) is 1. The highest BCUT2D eigenvalue weighted by Crippen LogP contribution is 2.27. The van der Waals surface area contributed by atoms with Crippen LogP contribution in [0.5, 0.6) is 5.75 Å². The number of methoxy groups -OCH3 is 1. The van der Waals surface area contributed by atoms with Crippen LogP contribution in [-0.2, 0) is 21.2 Å². The van der Waals surface area contributed by atoms with Gasteiger partial charge in [0.1, 0.15) is 5.75 Å². The normalized spacial score (nSPS) is 11.2. The maximum absolute atomic E-state index is 12.5. The second-order valence-corrected chi connectivity index (χ2v) is 8.04. The standard InChI is InChI=1S/C17H18Cl2N2O4S/c1-11(22)21-16-6-5-14(10-17(16)25-2)26(23,24)20-8-7-12-3-4-13(18)9-15(12)19/h3-6,9-10,20H,7-8H2,1-2H3,(H,21,22). The number of carbonyl (C=O) groups is 1. The molecule has 9 heteroatoms. The zero-order valence-corrected chi connectivity index (χ0v) is 16.5. The Hall–Kier alpha value is -1.80. The molecule has 6 nitrogen and oxygen atoms in total. The zero-order valence-electron chi connectivity index (χ0n) is 14.2. The molecule has 0 unspecified atom stereocenters. The van der Waals surface area contributed by atoms with Crippen LogP contribution in [0.4, 0.5) is 5.69 Å². The van der Waals surface area contributed by atoms with Gasteiger partial charge in [0.05, 0.1) is 17.7 Å². The third kappa shape index (κ3) is 5.35. The second kappa shape index (κ2) is 8.73. The topological polar surface area (TPSA) is 84.5 Å². The Morgan fingerprint density at radius 3 is 2.50 bits per heavy atom. The van der Waals surface area contributed by atoms with Gasteiger partial charge in [-0.25, -0.2) is 13.1 Å². The Morgan fingerprint density at radius 2 is 1.88 bits per heavy atom. The molecule has 2 aromatic rings. The van der Waals surface area contributed by atoms with Crippen molar-refractivity contribution in [1.82, 2.24) is 4.72 Å². The smallest absolute Gasteiger partial charge is 0.240 e. The number of hydrogen-bond acceptors (Lipinski definition) is 4. The third-order valence-corrected chi connectivity index (χ3v) is 5.54. The molecule has 1 amide bonds. The lowest BCUT2D eigenvalue weighted by Gasteiger charge is -2.12. The molecular weight excluding hydrogens is 399 g/mol. The molecule has 0 fully saturated rings. The van der Waals surface area contributed by atoms with Crippen LogP contribution in [0.3, 0.4) is 0 Å². The summed E-state index contributed by atoms with van der Waals surface area (Å²) in [6.45, 7) is 1.52. The zero-order chi connectivity index (χ0) is 19.3. The Bertz CT molecular complexity index is 917. The number of hydrogen-bond donors (Lipinski definition) is 2. The van der Waals surface area contributed by atoms with Gasteiger partial charge in [0.2, 0.25) is 15.9 Å². The molecule has 0 atom stereocenters. The van der Waals surface area contributed by atoms with Crippen LogP contribution in [0.1, 0.15) is 12.5 Å². The van der Waals surface area contributed by atoms with Crippen LogP contribution >= 0.6 is 23.2 Å². The minimum Gasteiger partial charge on any atom is -0.495 e. The van der Waals surface area contributed by atoms with E-state index in [1.54, 1.807) is 18.2 Å². The van der Waals surface area contributed by atoms with E-state index in [9.17, 15) is 13.2 Å². The monoisotopic (exact) mass is 416 g/mol. The first-order chi connectivity index (χ1) is 12.2. The van der Waals surface area contributed by atoms with Gasteiger partial charge < -0.3 is 10.1 Å². The molecule has 0 aliphatic rings. The van der Waals surface area contributed by atoms with Gasteiger partial charge in [-0.3, -0.25) is 4.79 Å². The highest BCUT2D eigenvalue weighted by atomic mass is 35.5. The van der Waals surface area contributed by atoms with Gasteiger partial charge in [-0.05, 0) is 36.2 Å². The molecule has 0 aliphatic carbocycles. The van der Waals surface area contributed by atoms with E-state index < -0.39 is 10.0 Å². The maximum Gasteiger partial charge on any atom is 0.240 e. The first-order valence-electron chi connectivity index (χ1n) is 7.62. The molecule has 0 radical (unpaired) electrons. The number of sulfonamides is 1. The van der Waals surface area contributed by atoms with Crippen molar-refractivity contribution in [1.29, 1.82) is 0 Å². The second-order valence-electron chi connectivity index (χ2n) is 5.43. The van der Waals surface area contributed by atoms with Crippen LogP contribution in [0, 0.1) is 0 Å². The van der Waals surface area contributed by atoms with Crippen molar-refractivity contribution in [3.63, 3.8) is 0 Å². The van der Waals surface area contributed by atoms with E-state index >= 15 is 0 Å². The minimum absolute atomic E-state index is 0.0330. The Balaban J connectivity index is 2.10. The lowest BCUT2D eigenvalue weighted by molar-refractivity contribution is -0.114. The fourth-order valence-corrected chi connectivity index (χ4v) is 3.81. The van der Waals surface area contributed by atoms with Crippen molar-refractivity contribution >= 4 is 44.8 Å². The molecule has 0 bridgehead atoms. The number of anilines is 1. The highest BCUT2D eigenvalue weighted by molar-refractivity contribution is 7.89. The number of halogens is 2. The van der Waals surface area contributed by atoms with Crippen LogP contribution < -0.4 is 14.8 Å². The number of carbonyl (C=O) groups excluding carboxylic acids is 1. The van der Waals surface area contributed by atoms with E-state index in [-0.39, 0.29) is 23.1 Å². The number of nitrogens with one attached hydrogen (secondary N) is 2. The lowest BCUT2D eigenvalue weighted by Crippen LogP contribution is -2.26. The fraction of sp³-hybridized carbons (Fsp3) is 0.235.